The lowest BCUT2D eigenvalue weighted by Crippen LogP contribution is -2.40. The first kappa shape index (κ1) is 14.3. The van der Waals surface area contributed by atoms with Gasteiger partial charge in [-0.3, -0.25) is 19.8 Å². The normalized spacial score (nSPS) is 12.2. The van der Waals surface area contributed by atoms with Gasteiger partial charge in [0.25, 0.3) is 5.91 Å². The Morgan fingerprint density at radius 3 is 2.50 bits per heavy atom. The predicted molar refractivity (Wildman–Crippen MR) is 68.1 cm³/mol. The van der Waals surface area contributed by atoms with E-state index in [1.165, 1.54) is 0 Å². The maximum absolute atomic E-state index is 11.7. The van der Waals surface area contributed by atoms with E-state index in [1.54, 1.807) is 49.2 Å². The van der Waals surface area contributed by atoms with E-state index < -0.39 is 12.0 Å². The third-order valence-corrected chi connectivity index (χ3v) is 2.28. The lowest BCUT2D eigenvalue weighted by Gasteiger charge is -2.17. The van der Waals surface area contributed by atoms with E-state index in [-0.39, 0.29) is 12.5 Å². The summed E-state index contributed by atoms with van der Waals surface area (Å²) in [5.41, 5.74) is 0.448. The maximum Gasteiger partial charge on any atom is 0.257 e. The van der Waals surface area contributed by atoms with Crippen molar-refractivity contribution in [3.8, 4) is 0 Å². The number of benzene rings is 1. The van der Waals surface area contributed by atoms with Crippen LogP contribution in [0.4, 0.5) is 0 Å². The summed E-state index contributed by atoms with van der Waals surface area (Å²) in [7, 11) is 1.71. The number of carbonyl (C=O) groups is 2. The molecule has 98 valence electrons. The monoisotopic (exact) mass is 250 g/mol. The summed E-state index contributed by atoms with van der Waals surface area (Å²) in [5, 5.41) is 11.5. The molecule has 5 nitrogen and oxygen atoms in total. The first-order valence-corrected chi connectivity index (χ1v) is 5.75. The van der Waals surface area contributed by atoms with Crippen LogP contribution in [0.3, 0.4) is 0 Å². The molecule has 0 bridgehead atoms. The van der Waals surface area contributed by atoms with Crippen LogP contribution in [0.25, 0.3) is 0 Å². The third kappa shape index (κ3) is 5.07. The minimum atomic E-state index is -0.507. The van der Waals surface area contributed by atoms with Gasteiger partial charge >= 0.3 is 0 Å². The number of nitrogens with one attached hydrogen (secondary N) is 1. The molecule has 0 aliphatic rings. The van der Waals surface area contributed by atoms with Gasteiger partial charge in [-0.15, -0.1) is 0 Å². The Morgan fingerprint density at radius 1 is 1.33 bits per heavy atom. The number of amides is 2. The molecule has 1 aromatic rings. The number of aliphatic hydroxyl groups is 1. The Kier molecular flexibility index (Phi) is 5.48. The van der Waals surface area contributed by atoms with Crippen molar-refractivity contribution in [3.63, 3.8) is 0 Å². The standard InChI is InChI=1S/C13H18N2O3/c1-10(16)8-15(2)9-12(17)14-13(18)11-6-4-3-5-7-11/h3-7,10,16H,8-9H2,1-2H3,(H,14,17,18). The summed E-state index contributed by atoms with van der Waals surface area (Å²) in [6, 6.07) is 8.55. The zero-order valence-corrected chi connectivity index (χ0v) is 10.6. The zero-order valence-electron chi connectivity index (χ0n) is 10.6. The zero-order chi connectivity index (χ0) is 13.5. The Labute approximate surface area is 106 Å². The van der Waals surface area contributed by atoms with Gasteiger partial charge in [0.1, 0.15) is 0 Å². The van der Waals surface area contributed by atoms with Gasteiger partial charge in [0.2, 0.25) is 5.91 Å². The van der Waals surface area contributed by atoms with Crippen LogP contribution in [0.15, 0.2) is 30.3 Å². The highest BCUT2D eigenvalue weighted by atomic mass is 16.3. The third-order valence-electron chi connectivity index (χ3n) is 2.28. The first-order valence-electron chi connectivity index (χ1n) is 5.75. The van der Waals surface area contributed by atoms with Crippen LogP contribution in [-0.2, 0) is 4.79 Å². The van der Waals surface area contributed by atoms with Gasteiger partial charge < -0.3 is 5.11 Å². The number of imide groups is 1. The van der Waals surface area contributed by atoms with Gasteiger partial charge in [-0.25, -0.2) is 0 Å². The number of hydrogen-bond acceptors (Lipinski definition) is 4. The van der Waals surface area contributed by atoms with Crippen molar-refractivity contribution in [2.75, 3.05) is 20.1 Å². The summed E-state index contributed by atoms with van der Waals surface area (Å²) >= 11 is 0. The first-order chi connectivity index (χ1) is 8.49. The van der Waals surface area contributed by atoms with Crippen LogP contribution in [0, 0.1) is 0 Å². The van der Waals surface area contributed by atoms with Crippen molar-refractivity contribution < 1.29 is 14.7 Å². The molecule has 0 aliphatic carbocycles. The molecule has 0 aromatic heterocycles. The van der Waals surface area contributed by atoms with Gasteiger partial charge in [-0.2, -0.15) is 0 Å². The average molecular weight is 250 g/mol. The summed E-state index contributed by atoms with van der Waals surface area (Å²) in [4.78, 5) is 24.9. The largest absolute Gasteiger partial charge is 0.392 e. The van der Waals surface area contributed by atoms with Crippen molar-refractivity contribution in [1.29, 1.82) is 0 Å². The quantitative estimate of drug-likeness (QED) is 0.786. The SMILES string of the molecule is CC(O)CN(C)CC(=O)NC(=O)c1ccccc1. The van der Waals surface area contributed by atoms with Crippen molar-refractivity contribution in [2.24, 2.45) is 0 Å². The minimum Gasteiger partial charge on any atom is -0.392 e. The molecule has 2 N–H and O–H groups in total. The van der Waals surface area contributed by atoms with Crippen molar-refractivity contribution in [2.45, 2.75) is 13.0 Å². The second-order valence-electron chi connectivity index (χ2n) is 4.29. The summed E-state index contributed by atoms with van der Waals surface area (Å²) < 4.78 is 0. The second kappa shape index (κ2) is 6.88. The van der Waals surface area contributed by atoms with Gasteiger partial charge in [0, 0.05) is 12.1 Å². The number of nitrogens with zero attached hydrogens (tertiary/aromatic N) is 1. The van der Waals surface area contributed by atoms with E-state index in [1.807, 2.05) is 0 Å². The van der Waals surface area contributed by atoms with Crippen LogP contribution >= 0.6 is 0 Å². The minimum absolute atomic E-state index is 0.0729. The Bertz CT molecular complexity index is 404. The number of hydrogen-bond donors (Lipinski definition) is 2. The molecule has 0 heterocycles. The molecular weight excluding hydrogens is 232 g/mol. The molecule has 1 atom stereocenters. The van der Waals surface area contributed by atoms with Crippen molar-refractivity contribution in [3.05, 3.63) is 35.9 Å². The highest BCUT2D eigenvalue weighted by Gasteiger charge is 2.12. The Morgan fingerprint density at radius 2 is 1.94 bits per heavy atom. The van der Waals surface area contributed by atoms with Crippen molar-refractivity contribution in [1.82, 2.24) is 10.2 Å². The highest BCUT2D eigenvalue weighted by molar-refractivity contribution is 6.05. The second-order valence-corrected chi connectivity index (χ2v) is 4.29. The van der Waals surface area contributed by atoms with Gasteiger partial charge in [0.05, 0.1) is 12.6 Å². The summed E-state index contributed by atoms with van der Waals surface area (Å²) in [6.45, 7) is 2.10. The summed E-state index contributed by atoms with van der Waals surface area (Å²) in [5.74, 6) is -0.793. The molecule has 0 spiro atoms. The molecule has 0 radical (unpaired) electrons. The van der Waals surface area contributed by atoms with Crippen LogP contribution in [-0.4, -0.2) is 48.1 Å². The molecule has 1 unspecified atom stereocenters. The van der Waals surface area contributed by atoms with E-state index in [2.05, 4.69) is 5.32 Å². The Balaban J connectivity index is 2.43. The molecular formula is C13H18N2O3. The topological polar surface area (TPSA) is 69.6 Å². The number of carbonyl (C=O) groups excluding carboxylic acids is 2. The molecule has 2 amide bonds. The van der Waals surface area contributed by atoms with E-state index in [9.17, 15) is 9.59 Å². The lowest BCUT2D eigenvalue weighted by molar-refractivity contribution is -0.121. The van der Waals surface area contributed by atoms with Gasteiger partial charge in [-0.05, 0) is 26.1 Å². The Hall–Kier alpha value is -1.72. The smallest absolute Gasteiger partial charge is 0.257 e. The maximum atomic E-state index is 11.7. The lowest BCUT2D eigenvalue weighted by atomic mass is 10.2. The highest BCUT2D eigenvalue weighted by Crippen LogP contribution is 1.97. The molecule has 1 rings (SSSR count). The van der Waals surface area contributed by atoms with Crippen LogP contribution in [0.5, 0.6) is 0 Å². The molecule has 18 heavy (non-hydrogen) atoms. The molecule has 1 aromatic carbocycles. The van der Waals surface area contributed by atoms with Crippen LogP contribution in [0.2, 0.25) is 0 Å². The number of rotatable bonds is 5. The fraction of sp³-hybridized carbons (Fsp3) is 0.385. The van der Waals surface area contributed by atoms with E-state index in [4.69, 9.17) is 5.11 Å². The molecule has 0 saturated heterocycles. The molecule has 5 heteroatoms. The molecule has 0 aliphatic heterocycles. The van der Waals surface area contributed by atoms with Gasteiger partial charge in [-0.1, -0.05) is 18.2 Å². The average Bonchev–Trinajstić information content (AvgIpc) is 2.28. The molecule has 0 fully saturated rings. The van der Waals surface area contributed by atoms with E-state index in [0.29, 0.717) is 12.1 Å². The van der Waals surface area contributed by atoms with E-state index >= 15 is 0 Å². The van der Waals surface area contributed by atoms with E-state index in [0.717, 1.165) is 0 Å². The fourth-order valence-corrected chi connectivity index (χ4v) is 1.59. The number of likely N-dealkylation sites (N-methyl/N-ethyl adjacent to an activating group) is 1. The van der Waals surface area contributed by atoms with Crippen LogP contribution in [0.1, 0.15) is 17.3 Å². The molecule has 0 saturated carbocycles. The van der Waals surface area contributed by atoms with Crippen LogP contribution < -0.4 is 5.32 Å². The van der Waals surface area contributed by atoms with Gasteiger partial charge in [0.15, 0.2) is 0 Å². The number of aliphatic hydroxyl groups excluding tert-OH is 1. The fourth-order valence-electron chi connectivity index (χ4n) is 1.59. The predicted octanol–water partition coefficient (Wildman–Crippen LogP) is 0.256. The van der Waals surface area contributed by atoms with Crippen molar-refractivity contribution >= 4 is 11.8 Å². The summed E-state index contributed by atoms with van der Waals surface area (Å²) in [6.07, 6.45) is -0.507.